The second-order valence-electron chi connectivity index (χ2n) is 4.47. The summed E-state index contributed by atoms with van der Waals surface area (Å²) in [5.74, 6) is 0. The van der Waals surface area contributed by atoms with E-state index in [1.807, 2.05) is 25.4 Å². The molecule has 1 heterocycles. The number of nitrogens with one attached hydrogen (secondary N) is 1. The number of amides is 2. The highest BCUT2D eigenvalue weighted by molar-refractivity contribution is 7.09. The maximum atomic E-state index is 11.8. The van der Waals surface area contributed by atoms with E-state index < -0.39 is 0 Å². The van der Waals surface area contributed by atoms with Crippen molar-refractivity contribution in [1.82, 2.24) is 10.2 Å². The van der Waals surface area contributed by atoms with Crippen LogP contribution in [0.1, 0.15) is 24.6 Å². The number of carbonyl (C=O) groups excluding carboxylic acids is 1. The highest BCUT2D eigenvalue weighted by atomic mass is 32.1. The van der Waals surface area contributed by atoms with Gasteiger partial charge in [-0.2, -0.15) is 0 Å². The van der Waals surface area contributed by atoms with Gasteiger partial charge in [-0.15, -0.1) is 11.3 Å². The Hall–Kier alpha value is -1.07. The first-order valence-corrected chi connectivity index (χ1v) is 7.16. The third-order valence-corrected chi connectivity index (χ3v) is 3.72. The lowest BCUT2D eigenvalue weighted by Gasteiger charge is -2.21. The van der Waals surface area contributed by atoms with Crippen LogP contribution in [0, 0.1) is 0 Å². The summed E-state index contributed by atoms with van der Waals surface area (Å²) in [5, 5.41) is 13.7. The van der Waals surface area contributed by atoms with Gasteiger partial charge in [-0.3, -0.25) is 0 Å². The molecule has 0 aliphatic rings. The van der Waals surface area contributed by atoms with Crippen molar-refractivity contribution in [3.63, 3.8) is 0 Å². The molecule has 0 aliphatic carbocycles. The molecule has 0 radical (unpaired) electrons. The number of aliphatic hydroxyl groups is 1. The highest BCUT2D eigenvalue weighted by Gasteiger charge is 2.11. The van der Waals surface area contributed by atoms with Crippen LogP contribution >= 0.6 is 11.3 Å². The Balaban J connectivity index is 2.23. The molecule has 1 unspecified atom stereocenters. The fourth-order valence-electron chi connectivity index (χ4n) is 1.62. The second kappa shape index (κ2) is 8.11. The topological polar surface area (TPSA) is 52.6 Å². The zero-order valence-electron chi connectivity index (χ0n) is 11.1. The molecular weight excluding hydrogens is 248 g/mol. The second-order valence-corrected chi connectivity index (χ2v) is 5.50. The first kappa shape index (κ1) is 15.0. The van der Waals surface area contributed by atoms with Crippen molar-refractivity contribution in [1.29, 1.82) is 0 Å². The quantitative estimate of drug-likeness (QED) is 0.797. The molecular formula is C13H22N2O2S. The molecule has 0 aromatic carbocycles. The van der Waals surface area contributed by atoms with Gasteiger partial charge >= 0.3 is 6.03 Å². The van der Waals surface area contributed by atoms with Crippen LogP contribution in [0.5, 0.6) is 0 Å². The van der Waals surface area contributed by atoms with Crippen molar-refractivity contribution in [2.45, 2.75) is 32.2 Å². The van der Waals surface area contributed by atoms with E-state index in [1.54, 1.807) is 16.2 Å². The summed E-state index contributed by atoms with van der Waals surface area (Å²) < 4.78 is 0. The summed E-state index contributed by atoms with van der Waals surface area (Å²) in [6.45, 7) is 2.86. The van der Waals surface area contributed by atoms with Crippen molar-refractivity contribution in [3.8, 4) is 0 Å². The number of hydrogen-bond donors (Lipinski definition) is 2. The number of thiophene rings is 1. The van der Waals surface area contributed by atoms with E-state index in [1.165, 1.54) is 4.88 Å². The van der Waals surface area contributed by atoms with Gasteiger partial charge in [0, 0.05) is 31.1 Å². The van der Waals surface area contributed by atoms with Crippen molar-refractivity contribution in [2.24, 2.45) is 0 Å². The van der Waals surface area contributed by atoms with E-state index in [9.17, 15) is 4.79 Å². The Morgan fingerprint density at radius 1 is 1.61 bits per heavy atom. The molecule has 0 spiro atoms. The maximum Gasteiger partial charge on any atom is 0.317 e. The van der Waals surface area contributed by atoms with Crippen LogP contribution in [0.2, 0.25) is 0 Å². The van der Waals surface area contributed by atoms with Gasteiger partial charge in [-0.05, 0) is 37.6 Å². The summed E-state index contributed by atoms with van der Waals surface area (Å²) >= 11 is 1.72. The molecule has 0 saturated carbocycles. The van der Waals surface area contributed by atoms with Gasteiger partial charge in [0.25, 0.3) is 0 Å². The van der Waals surface area contributed by atoms with Gasteiger partial charge in [0.2, 0.25) is 0 Å². The Morgan fingerprint density at radius 2 is 2.39 bits per heavy atom. The van der Waals surface area contributed by atoms with Gasteiger partial charge < -0.3 is 15.3 Å². The normalized spacial score (nSPS) is 12.2. The zero-order chi connectivity index (χ0) is 13.4. The molecule has 102 valence electrons. The average molecular weight is 270 g/mol. The fraction of sp³-hybridized carbons (Fsp3) is 0.615. The third-order valence-electron chi connectivity index (χ3n) is 2.79. The van der Waals surface area contributed by atoms with Crippen LogP contribution in [0.15, 0.2) is 17.5 Å². The van der Waals surface area contributed by atoms with Gasteiger partial charge in [-0.1, -0.05) is 6.07 Å². The minimum absolute atomic E-state index is 0.0444. The fourth-order valence-corrected chi connectivity index (χ4v) is 2.32. The van der Waals surface area contributed by atoms with Gasteiger partial charge in [0.15, 0.2) is 0 Å². The van der Waals surface area contributed by atoms with E-state index in [-0.39, 0.29) is 18.7 Å². The minimum Gasteiger partial charge on any atom is -0.396 e. The van der Waals surface area contributed by atoms with E-state index >= 15 is 0 Å². The van der Waals surface area contributed by atoms with Crippen LogP contribution in [-0.4, -0.2) is 42.3 Å². The summed E-state index contributed by atoms with van der Waals surface area (Å²) in [5.41, 5.74) is 0. The summed E-state index contributed by atoms with van der Waals surface area (Å²) in [7, 11) is 1.81. The number of carbonyl (C=O) groups is 1. The minimum atomic E-state index is -0.0444. The molecule has 0 bridgehead atoms. The smallest absolute Gasteiger partial charge is 0.317 e. The predicted molar refractivity (Wildman–Crippen MR) is 75.0 cm³/mol. The average Bonchev–Trinajstić information content (AvgIpc) is 2.86. The summed E-state index contributed by atoms with van der Waals surface area (Å²) in [6.07, 6.45) is 2.42. The molecule has 2 amide bonds. The van der Waals surface area contributed by atoms with E-state index in [0.717, 1.165) is 25.8 Å². The highest BCUT2D eigenvalue weighted by Crippen LogP contribution is 2.09. The maximum absolute atomic E-state index is 11.8. The van der Waals surface area contributed by atoms with Gasteiger partial charge in [0.1, 0.15) is 0 Å². The molecule has 0 saturated heterocycles. The molecule has 1 rings (SSSR count). The molecule has 0 fully saturated rings. The number of rotatable bonds is 7. The Bertz CT molecular complexity index is 341. The largest absolute Gasteiger partial charge is 0.396 e. The van der Waals surface area contributed by atoms with Crippen LogP contribution in [0.4, 0.5) is 4.79 Å². The molecule has 4 nitrogen and oxygen atoms in total. The summed E-state index contributed by atoms with van der Waals surface area (Å²) in [4.78, 5) is 14.8. The van der Waals surface area contributed by atoms with Crippen molar-refractivity contribution in [2.75, 3.05) is 20.2 Å². The van der Waals surface area contributed by atoms with Crippen LogP contribution in [-0.2, 0) is 6.42 Å². The monoisotopic (exact) mass is 270 g/mol. The van der Waals surface area contributed by atoms with E-state index in [4.69, 9.17) is 5.11 Å². The van der Waals surface area contributed by atoms with Crippen LogP contribution in [0.3, 0.4) is 0 Å². The zero-order valence-corrected chi connectivity index (χ0v) is 11.9. The first-order valence-electron chi connectivity index (χ1n) is 6.28. The van der Waals surface area contributed by atoms with Crippen LogP contribution < -0.4 is 5.32 Å². The van der Waals surface area contributed by atoms with Gasteiger partial charge in [0.05, 0.1) is 0 Å². The number of hydrogen-bond acceptors (Lipinski definition) is 3. The Labute approximate surface area is 113 Å². The lowest BCUT2D eigenvalue weighted by atomic mass is 10.2. The standard InChI is InChI=1S/C13H22N2O2S/c1-11(5-3-9-16)14-13(17)15(2)8-7-12-6-4-10-18-12/h4,6,10-11,16H,3,5,7-9H2,1-2H3,(H,14,17). The number of nitrogens with zero attached hydrogens (tertiary/aromatic N) is 1. The molecule has 0 aliphatic heterocycles. The van der Waals surface area contributed by atoms with Crippen molar-refractivity contribution >= 4 is 17.4 Å². The number of aliphatic hydroxyl groups excluding tert-OH is 1. The lowest BCUT2D eigenvalue weighted by Crippen LogP contribution is -2.42. The van der Waals surface area contributed by atoms with Crippen LogP contribution in [0.25, 0.3) is 0 Å². The first-order chi connectivity index (χ1) is 8.63. The lowest BCUT2D eigenvalue weighted by molar-refractivity contribution is 0.203. The molecule has 5 heteroatoms. The molecule has 1 aromatic heterocycles. The van der Waals surface area contributed by atoms with E-state index in [2.05, 4.69) is 11.4 Å². The number of likely N-dealkylation sites (N-methyl/N-ethyl adjacent to an activating group) is 1. The molecule has 18 heavy (non-hydrogen) atoms. The Morgan fingerprint density at radius 3 is 3.00 bits per heavy atom. The number of urea groups is 1. The predicted octanol–water partition coefficient (Wildman–Crippen LogP) is 2.09. The molecule has 2 N–H and O–H groups in total. The van der Waals surface area contributed by atoms with Crippen molar-refractivity contribution < 1.29 is 9.90 Å². The molecule has 1 aromatic rings. The SMILES string of the molecule is CC(CCCO)NC(=O)N(C)CCc1cccs1. The molecule has 1 atom stereocenters. The van der Waals surface area contributed by atoms with Gasteiger partial charge in [-0.25, -0.2) is 4.79 Å². The van der Waals surface area contributed by atoms with E-state index in [0.29, 0.717) is 0 Å². The third kappa shape index (κ3) is 5.51. The Kier molecular flexibility index (Phi) is 6.75. The van der Waals surface area contributed by atoms with Crippen molar-refractivity contribution in [3.05, 3.63) is 22.4 Å². The summed E-state index contributed by atoms with van der Waals surface area (Å²) in [6, 6.07) is 4.17.